The SMILES string of the molecule is CSc1cnc(SC)c(C)c1. The van der Waals surface area contributed by atoms with E-state index in [0.717, 1.165) is 5.03 Å². The van der Waals surface area contributed by atoms with Crippen LogP contribution in [-0.2, 0) is 0 Å². The number of thioether (sulfide) groups is 2. The minimum absolute atomic E-state index is 1.13. The molecular weight excluding hydrogens is 174 g/mol. The first-order chi connectivity index (χ1) is 5.27. The van der Waals surface area contributed by atoms with E-state index in [-0.39, 0.29) is 0 Å². The first-order valence-electron chi connectivity index (χ1n) is 3.32. The molecule has 0 aliphatic heterocycles. The average molecular weight is 185 g/mol. The summed E-state index contributed by atoms with van der Waals surface area (Å²) in [5, 5.41) is 1.13. The molecule has 1 heterocycles. The van der Waals surface area contributed by atoms with Gasteiger partial charge in [-0.1, -0.05) is 0 Å². The Morgan fingerprint density at radius 1 is 1.27 bits per heavy atom. The van der Waals surface area contributed by atoms with Crippen molar-refractivity contribution >= 4 is 23.5 Å². The van der Waals surface area contributed by atoms with Crippen LogP contribution in [0.3, 0.4) is 0 Å². The quantitative estimate of drug-likeness (QED) is 0.658. The van der Waals surface area contributed by atoms with Crippen LogP contribution in [0, 0.1) is 6.92 Å². The molecular formula is C8H11NS2. The lowest BCUT2D eigenvalue weighted by Gasteiger charge is -2.01. The summed E-state index contributed by atoms with van der Waals surface area (Å²) >= 11 is 3.42. The van der Waals surface area contributed by atoms with Crippen LogP contribution in [0.25, 0.3) is 0 Å². The average Bonchev–Trinajstić information content (AvgIpc) is 2.04. The van der Waals surface area contributed by atoms with Crippen LogP contribution in [0.5, 0.6) is 0 Å². The first kappa shape index (κ1) is 8.94. The van der Waals surface area contributed by atoms with Crippen LogP contribution in [0.4, 0.5) is 0 Å². The summed E-state index contributed by atoms with van der Waals surface area (Å²) in [6.45, 7) is 2.10. The molecule has 60 valence electrons. The second-order valence-corrected chi connectivity index (χ2v) is 3.88. The van der Waals surface area contributed by atoms with Gasteiger partial charge in [-0.3, -0.25) is 0 Å². The normalized spacial score (nSPS) is 10.1. The molecule has 1 rings (SSSR count). The van der Waals surface area contributed by atoms with Gasteiger partial charge in [0.1, 0.15) is 0 Å². The highest BCUT2D eigenvalue weighted by molar-refractivity contribution is 7.99. The molecule has 1 aromatic heterocycles. The molecule has 0 aliphatic rings. The van der Waals surface area contributed by atoms with Gasteiger partial charge in [-0.2, -0.15) is 0 Å². The maximum atomic E-state index is 4.31. The maximum absolute atomic E-state index is 4.31. The number of hydrogen-bond donors (Lipinski definition) is 0. The third-order valence-electron chi connectivity index (χ3n) is 1.43. The monoisotopic (exact) mass is 185 g/mol. The van der Waals surface area contributed by atoms with Crippen molar-refractivity contribution in [3.05, 3.63) is 17.8 Å². The van der Waals surface area contributed by atoms with E-state index in [4.69, 9.17) is 0 Å². The zero-order valence-corrected chi connectivity index (χ0v) is 8.55. The number of nitrogens with zero attached hydrogens (tertiary/aromatic N) is 1. The number of hydrogen-bond acceptors (Lipinski definition) is 3. The molecule has 0 radical (unpaired) electrons. The van der Waals surface area contributed by atoms with Gasteiger partial charge in [0.2, 0.25) is 0 Å². The minimum Gasteiger partial charge on any atom is -0.249 e. The Balaban J connectivity index is 2.99. The van der Waals surface area contributed by atoms with Crippen molar-refractivity contribution in [3.8, 4) is 0 Å². The second-order valence-electron chi connectivity index (χ2n) is 2.20. The van der Waals surface area contributed by atoms with E-state index in [2.05, 4.69) is 24.2 Å². The summed E-state index contributed by atoms with van der Waals surface area (Å²) < 4.78 is 0. The van der Waals surface area contributed by atoms with Crippen molar-refractivity contribution < 1.29 is 0 Å². The van der Waals surface area contributed by atoms with Crippen LogP contribution >= 0.6 is 23.5 Å². The van der Waals surface area contributed by atoms with Crippen LogP contribution in [-0.4, -0.2) is 17.5 Å². The fraction of sp³-hybridized carbons (Fsp3) is 0.375. The molecule has 0 atom stereocenters. The number of rotatable bonds is 2. The summed E-state index contributed by atoms with van der Waals surface area (Å²) in [5.74, 6) is 0. The van der Waals surface area contributed by atoms with E-state index >= 15 is 0 Å². The van der Waals surface area contributed by atoms with Crippen LogP contribution in [0.2, 0.25) is 0 Å². The summed E-state index contributed by atoms with van der Waals surface area (Å²) in [7, 11) is 0. The van der Waals surface area contributed by atoms with Crippen molar-refractivity contribution in [1.29, 1.82) is 0 Å². The molecule has 3 heteroatoms. The maximum Gasteiger partial charge on any atom is 0.0987 e. The second kappa shape index (κ2) is 4.02. The molecule has 0 saturated heterocycles. The van der Waals surface area contributed by atoms with Gasteiger partial charge < -0.3 is 0 Å². The lowest BCUT2D eigenvalue weighted by Crippen LogP contribution is -1.84. The lowest BCUT2D eigenvalue weighted by molar-refractivity contribution is 1.04. The predicted octanol–water partition coefficient (Wildman–Crippen LogP) is 2.83. The van der Waals surface area contributed by atoms with Crippen LogP contribution < -0.4 is 0 Å². The Morgan fingerprint density at radius 2 is 2.00 bits per heavy atom. The Labute approximate surface area is 76.0 Å². The van der Waals surface area contributed by atoms with E-state index in [9.17, 15) is 0 Å². The van der Waals surface area contributed by atoms with E-state index in [1.54, 1.807) is 23.5 Å². The van der Waals surface area contributed by atoms with E-state index in [0.29, 0.717) is 0 Å². The molecule has 0 fully saturated rings. The predicted molar refractivity (Wildman–Crippen MR) is 52.5 cm³/mol. The molecule has 0 bridgehead atoms. The van der Waals surface area contributed by atoms with Gasteiger partial charge in [0.25, 0.3) is 0 Å². The molecule has 0 amide bonds. The van der Waals surface area contributed by atoms with Crippen LogP contribution in [0.1, 0.15) is 5.56 Å². The highest BCUT2D eigenvalue weighted by atomic mass is 32.2. The van der Waals surface area contributed by atoms with E-state index in [1.807, 2.05) is 12.5 Å². The third-order valence-corrected chi connectivity index (χ3v) is 2.94. The fourth-order valence-corrected chi connectivity index (χ4v) is 1.85. The fourth-order valence-electron chi connectivity index (χ4n) is 0.862. The summed E-state index contributed by atoms with van der Waals surface area (Å²) in [6, 6.07) is 2.17. The number of aryl methyl sites for hydroxylation is 1. The van der Waals surface area contributed by atoms with Gasteiger partial charge in [-0.25, -0.2) is 4.98 Å². The highest BCUT2D eigenvalue weighted by Crippen LogP contribution is 2.21. The van der Waals surface area contributed by atoms with Gasteiger partial charge in [0.05, 0.1) is 5.03 Å². The van der Waals surface area contributed by atoms with E-state index in [1.165, 1.54) is 10.5 Å². The number of pyridine rings is 1. The smallest absolute Gasteiger partial charge is 0.0987 e. The van der Waals surface area contributed by atoms with Gasteiger partial charge in [0.15, 0.2) is 0 Å². The van der Waals surface area contributed by atoms with Crippen molar-refractivity contribution in [2.75, 3.05) is 12.5 Å². The molecule has 0 aromatic carbocycles. The zero-order chi connectivity index (χ0) is 8.27. The van der Waals surface area contributed by atoms with Gasteiger partial charge in [-0.05, 0) is 31.1 Å². The molecule has 0 N–H and O–H groups in total. The molecule has 0 unspecified atom stereocenters. The Morgan fingerprint density at radius 3 is 2.45 bits per heavy atom. The van der Waals surface area contributed by atoms with Crippen molar-refractivity contribution in [2.24, 2.45) is 0 Å². The molecule has 0 aliphatic carbocycles. The molecule has 11 heavy (non-hydrogen) atoms. The minimum atomic E-state index is 1.13. The molecule has 1 nitrogen and oxygen atoms in total. The van der Waals surface area contributed by atoms with Gasteiger partial charge >= 0.3 is 0 Å². The zero-order valence-electron chi connectivity index (χ0n) is 6.92. The third kappa shape index (κ3) is 2.14. The Kier molecular flexibility index (Phi) is 3.27. The summed E-state index contributed by atoms with van der Waals surface area (Å²) in [5.41, 5.74) is 1.27. The Hall–Kier alpha value is -0.150. The topological polar surface area (TPSA) is 12.9 Å². The first-order valence-corrected chi connectivity index (χ1v) is 5.77. The standard InChI is InChI=1S/C8H11NS2/c1-6-4-7(10-2)5-9-8(6)11-3/h4-5H,1-3H3. The largest absolute Gasteiger partial charge is 0.249 e. The van der Waals surface area contributed by atoms with E-state index < -0.39 is 0 Å². The summed E-state index contributed by atoms with van der Waals surface area (Å²) in [4.78, 5) is 5.55. The molecule has 0 saturated carbocycles. The van der Waals surface area contributed by atoms with Crippen molar-refractivity contribution in [3.63, 3.8) is 0 Å². The van der Waals surface area contributed by atoms with Crippen molar-refractivity contribution in [1.82, 2.24) is 4.98 Å². The van der Waals surface area contributed by atoms with Gasteiger partial charge in [-0.15, -0.1) is 23.5 Å². The Bertz CT molecular complexity index is 248. The van der Waals surface area contributed by atoms with Gasteiger partial charge in [0, 0.05) is 11.1 Å². The molecule has 0 spiro atoms. The molecule has 1 aromatic rings. The summed E-state index contributed by atoms with van der Waals surface area (Å²) in [6.07, 6.45) is 6.03. The lowest BCUT2D eigenvalue weighted by atomic mass is 10.3. The highest BCUT2D eigenvalue weighted by Gasteiger charge is 1.98. The van der Waals surface area contributed by atoms with Crippen molar-refractivity contribution in [2.45, 2.75) is 16.8 Å². The van der Waals surface area contributed by atoms with Crippen LogP contribution in [0.15, 0.2) is 22.2 Å². The number of aromatic nitrogens is 1.